The van der Waals surface area contributed by atoms with Crippen LogP contribution < -0.4 is 11.5 Å². The van der Waals surface area contributed by atoms with Crippen molar-refractivity contribution in [1.82, 2.24) is 9.55 Å². The van der Waals surface area contributed by atoms with Crippen molar-refractivity contribution in [2.75, 3.05) is 5.73 Å². The number of anilines is 1. The monoisotopic (exact) mass is 391 g/mol. The molecule has 2 heterocycles. The zero-order chi connectivity index (χ0) is 19.8. The quantitative estimate of drug-likeness (QED) is 0.711. The summed E-state index contributed by atoms with van der Waals surface area (Å²) in [5, 5.41) is 10.9. The Morgan fingerprint density at radius 1 is 1.29 bits per heavy atom. The number of fused-ring (bicyclic) bond motifs is 1. The summed E-state index contributed by atoms with van der Waals surface area (Å²) in [6.45, 7) is 1.93. The van der Waals surface area contributed by atoms with Crippen LogP contribution >= 0.6 is 11.6 Å². The number of amides is 1. The van der Waals surface area contributed by atoms with Crippen LogP contribution in [0, 0.1) is 23.7 Å². The summed E-state index contributed by atoms with van der Waals surface area (Å²) in [4.78, 5) is 16.0. The number of carbonyl (C=O) groups is 1. The fraction of sp³-hybridized carbons (Fsp3) is 0.286. The Bertz CT molecular complexity index is 1220. The standard InChI is InChI=1S/C21H18ClN5O/c1-11-2-17-13(3-12(11)4-23)15(14-5-26-6-16(24)18(14)22)7-27(17)21-8-20(9-21,10-21)19(25)28/h2-3,5-7H,8-10,24H2,1H3,(H2,25,28). The van der Waals surface area contributed by atoms with Crippen LogP contribution in [0.2, 0.25) is 5.02 Å². The van der Waals surface area contributed by atoms with Crippen molar-refractivity contribution in [1.29, 1.82) is 5.26 Å². The maximum absolute atomic E-state index is 11.8. The molecule has 1 aromatic carbocycles. The first-order chi connectivity index (χ1) is 13.3. The highest BCUT2D eigenvalue weighted by Gasteiger charge is 2.72. The zero-order valence-electron chi connectivity index (χ0n) is 15.3. The van der Waals surface area contributed by atoms with Gasteiger partial charge in [0.05, 0.1) is 34.0 Å². The van der Waals surface area contributed by atoms with Gasteiger partial charge >= 0.3 is 0 Å². The van der Waals surface area contributed by atoms with Crippen LogP contribution in [-0.4, -0.2) is 15.5 Å². The van der Waals surface area contributed by atoms with E-state index in [1.54, 1.807) is 6.20 Å². The molecule has 0 saturated heterocycles. The minimum Gasteiger partial charge on any atom is -0.396 e. The summed E-state index contributed by atoms with van der Waals surface area (Å²) in [6.07, 6.45) is 7.52. The molecule has 0 radical (unpaired) electrons. The molecule has 6 rings (SSSR count). The lowest BCUT2D eigenvalue weighted by Gasteiger charge is -2.69. The molecule has 3 aromatic rings. The molecule has 2 bridgehead atoms. The number of hydrogen-bond acceptors (Lipinski definition) is 4. The van der Waals surface area contributed by atoms with Crippen molar-refractivity contribution in [3.8, 4) is 17.2 Å². The third-order valence-electron chi connectivity index (χ3n) is 6.50. The van der Waals surface area contributed by atoms with Gasteiger partial charge in [-0.2, -0.15) is 5.26 Å². The van der Waals surface area contributed by atoms with E-state index >= 15 is 0 Å². The second-order valence-electron chi connectivity index (χ2n) is 8.20. The average molecular weight is 392 g/mol. The van der Waals surface area contributed by atoms with Crippen molar-refractivity contribution in [3.63, 3.8) is 0 Å². The lowest BCUT2D eigenvalue weighted by molar-refractivity contribution is -0.192. The van der Waals surface area contributed by atoms with Gasteiger partial charge in [0.2, 0.25) is 5.91 Å². The molecule has 6 nitrogen and oxygen atoms in total. The van der Waals surface area contributed by atoms with E-state index in [9.17, 15) is 10.1 Å². The van der Waals surface area contributed by atoms with Crippen molar-refractivity contribution < 1.29 is 4.79 Å². The van der Waals surface area contributed by atoms with Crippen molar-refractivity contribution in [2.24, 2.45) is 11.1 Å². The Balaban J connectivity index is 1.75. The molecule has 1 amide bonds. The van der Waals surface area contributed by atoms with Gasteiger partial charge < -0.3 is 16.0 Å². The van der Waals surface area contributed by atoms with Gasteiger partial charge in [0.1, 0.15) is 0 Å². The van der Waals surface area contributed by atoms with E-state index in [-0.39, 0.29) is 16.9 Å². The summed E-state index contributed by atoms with van der Waals surface area (Å²) >= 11 is 6.48. The Labute approximate surface area is 166 Å². The number of nitrogens with zero attached hydrogens (tertiary/aromatic N) is 3. The molecule has 3 aliphatic carbocycles. The lowest BCUT2D eigenvalue weighted by atomic mass is 9.39. The molecule has 140 valence electrons. The van der Waals surface area contributed by atoms with Crippen molar-refractivity contribution in [3.05, 3.63) is 46.9 Å². The molecule has 4 N–H and O–H groups in total. The Morgan fingerprint density at radius 2 is 2.00 bits per heavy atom. The molecule has 0 atom stereocenters. The van der Waals surface area contributed by atoms with E-state index in [0.717, 1.165) is 46.9 Å². The van der Waals surface area contributed by atoms with Gasteiger partial charge in [-0.15, -0.1) is 0 Å². The maximum Gasteiger partial charge on any atom is 0.223 e. The van der Waals surface area contributed by atoms with Gasteiger partial charge in [-0.05, 0) is 43.9 Å². The molecule has 0 aliphatic heterocycles. The number of hydrogen-bond donors (Lipinski definition) is 2. The number of halogens is 1. The van der Waals surface area contributed by atoms with Crippen LogP contribution in [-0.2, 0) is 10.3 Å². The molecule has 0 spiro atoms. The maximum atomic E-state index is 11.8. The Kier molecular flexibility index (Phi) is 3.22. The third-order valence-corrected chi connectivity index (χ3v) is 6.93. The number of nitrogen functional groups attached to an aromatic ring is 1. The molecule has 3 aliphatic rings. The average Bonchev–Trinajstić information content (AvgIpc) is 2.92. The third kappa shape index (κ3) is 1.97. The zero-order valence-corrected chi connectivity index (χ0v) is 16.0. The largest absolute Gasteiger partial charge is 0.396 e. The van der Waals surface area contributed by atoms with Crippen LogP contribution in [0.25, 0.3) is 22.0 Å². The van der Waals surface area contributed by atoms with Crippen molar-refractivity contribution in [2.45, 2.75) is 31.7 Å². The smallest absolute Gasteiger partial charge is 0.223 e. The number of nitrogens with two attached hydrogens (primary N) is 2. The predicted octanol–water partition coefficient (Wildman–Crippen LogP) is 3.48. The minimum atomic E-state index is -0.352. The number of aryl methyl sites for hydroxylation is 1. The first-order valence-corrected chi connectivity index (χ1v) is 9.44. The summed E-state index contributed by atoms with van der Waals surface area (Å²) in [6, 6.07) is 6.18. The van der Waals surface area contributed by atoms with Gasteiger partial charge in [0.25, 0.3) is 0 Å². The van der Waals surface area contributed by atoms with E-state index in [1.807, 2.05) is 19.1 Å². The van der Waals surface area contributed by atoms with Crippen LogP contribution in [0.15, 0.2) is 30.7 Å². The van der Waals surface area contributed by atoms with E-state index in [4.69, 9.17) is 23.1 Å². The van der Waals surface area contributed by atoms with Crippen LogP contribution in [0.1, 0.15) is 30.4 Å². The highest BCUT2D eigenvalue weighted by atomic mass is 35.5. The summed E-state index contributed by atoms with van der Waals surface area (Å²) < 4.78 is 2.23. The second-order valence-corrected chi connectivity index (χ2v) is 8.58. The number of nitriles is 1. The van der Waals surface area contributed by atoms with Gasteiger partial charge in [-0.1, -0.05) is 11.6 Å². The molecule has 3 saturated carbocycles. The minimum absolute atomic E-state index is 0.105. The number of carbonyl (C=O) groups excluding carboxylic acids is 1. The number of aromatic nitrogens is 2. The molecule has 7 heteroatoms. The topological polar surface area (TPSA) is 111 Å². The summed E-state index contributed by atoms with van der Waals surface area (Å²) in [7, 11) is 0. The number of benzene rings is 1. The van der Waals surface area contributed by atoms with E-state index in [2.05, 4.69) is 21.8 Å². The van der Waals surface area contributed by atoms with E-state index < -0.39 is 0 Å². The van der Waals surface area contributed by atoms with Crippen LogP contribution in [0.3, 0.4) is 0 Å². The van der Waals surface area contributed by atoms with Gasteiger partial charge in [-0.3, -0.25) is 9.78 Å². The highest BCUT2D eigenvalue weighted by molar-refractivity contribution is 6.36. The molecule has 2 aromatic heterocycles. The predicted molar refractivity (Wildman–Crippen MR) is 107 cm³/mol. The van der Waals surface area contributed by atoms with Crippen LogP contribution in [0.5, 0.6) is 0 Å². The van der Waals surface area contributed by atoms with Crippen LogP contribution in [0.4, 0.5) is 5.69 Å². The fourth-order valence-corrected chi connectivity index (χ4v) is 5.20. The van der Waals surface area contributed by atoms with E-state index in [0.29, 0.717) is 16.3 Å². The van der Waals surface area contributed by atoms with Gasteiger partial charge in [0.15, 0.2) is 0 Å². The Hall–Kier alpha value is -3.04. The number of rotatable bonds is 3. The van der Waals surface area contributed by atoms with E-state index in [1.165, 1.54) is 6.20 Å². The first-order valence-electron chi connectivity index (χ1n) is 9.06. The fourth-order valence-electron chi connectivity index (χ4n) is 5.00. The number of primary amides is 1. The lowest BCUT2D eigenvalue weighted by Crippen LogP contribution is -2.71. The SMILES string of the molecule is Cc1cc2c(cc1C#N)c(-c1cncc(N)c1Cl)cn2C12CC(C(N)=O)(C1)C2. The Morgan fingerprint density at radius 3 is 2.64 bits per heavy atom. The van der Waals surface area contributed by atoms with Gasteiger partial charge in [-0.25, -0.2) is 0 Å². The molecule has 3 fully saturated rings. The first kappa shape index (κ1) is 17.1. The summed E-state index contributed by atoms with van der Waals surface area (Å²) in [5.74, 6) is -0.211. The normalized spacial score (nSPS) is 25.0. The molecule has 28 heavy (non-hydrogen) atoms. The van der Waals surface area contributed by atoms with Crippen molar-refractivity contribution >= 4 is 34.1 Å². The summed E-state index contributed by atoms with van der Waals surface area (Å²) in [5.41, 5.74) is 15.7. The van der Waals surface area contributed by atoms with Gasteiger partial charge in [0, 0.05) is 40.0 Å². The molecular weight excluding hydrogens is 374 g/mol. The molecule has 0 unspecified atom stereocenters. The number of pyridine rings is 1. The molecular formula is C21H18ClN5O. The second kappa shape index (κ2) is 5.27. The highest BCUT2D eigenvalue weighted by Crippen LogP contribution is 2.72.